The lowest BCUT2D eigenvalue weighted by molar-refractivity contribution is -0.113. The summed E-state index contributed by atoms with van der Waals surface area (Å²) in [5.74, 6) is -0.350. The van der Waals surface area contributed by atoms with Gasteiger partial charge in [0.1, 0.15) is 6.33 Å². The number of thioether (sulfide) groups is 1. The second kappa shape index (κ2) is 8.11. The minimum absolute atomic E-state index is 0.191. The predicted molar refractivity (Wildman–Crippen MR) is 100.0 cm³/mol. The van der Waals surface area contributed by atoms with Gasteiger partial charge >= 0.3 is 0 Å². The fourth-order valence-corrected chi connectivity index (χ4v) is 3.46. The molecule has 1 aromatic carbocycles. The van der Waals surface area contributed by atoms with E-state index in [0.29, 0.717) is 21.2 Å². The molecule has 10 heteroatoms. The summed E-state index contributed by atoms with van der Waals surface area (Å²) >= 11 is 2.67. The Hall–Kier alpha value is -2.72. The fourth-order valence-electron chi connectivity index (χ4n) is 2.05. The molecule has 0 spiro atoms. The number of rotatable bonds is 5. The van der Waals surface area contributed by atoms with Crippen LogP contribution in [0.5, 0.6) is 0 Å². The van der Waals surface area contributed by atoms with Gasteiger partial charge in [0, 0.05) is 36.9 Å². The second-order valence-corrected chi connectivity index (χ2v) is 7.17. The Morgan fingerprint density at radius 3 is 2.85 bits per heavy atom. The summed E-state index contributed by atoms with van der Waals surface area (Å²) in [7, 11) is 3.64. The van der Waals surface area contributed by atoms with Crippen molar-refractivity contribution in [3.63, 3.8) is 0 Å². The Labute approximate surface area is 157 Å². The van der Waals surface area contributed by atoms with Crippen LogP contribution in [-0.4, -0.2) is 36.9 Å². The quantitative estimate of drug-likeness (QED) is 0.671. The van der Waals surface area contributed by atoms with Gasteiger partial charge in [-0.25, -0.2) is 0 Å². The monoisotopic (exact) mass is 388 g/mol. The van der Waals surface area contributed by atoms with Crippen molar-refractivity contribution in [2.45, 2.75) is 5.16 Å². The maximum Gasteiger partial charge on any atom is 0.279 e. The minimum Gasteiger partial charge on any atom is -0.327 e. The maximum absolute atomic E-state index is 12.3. The number of nitrogens with one attached hydrogen (secondary N) is 1. The summed E-state index contributed by atoms with van der Waals surface area (Å²) in [6.07, 6.45) is 3.41. The van der Waals surface area contributed by atoms with Crippen LogP contribution in [0.25, 0.3) is 0 Å². The molecule has 0 atom stereocenters. The van der Waals surface area contributed by atoms with E-state index >= 15 is 0 Å². The van der Waals surface area contributed by atoms with E-state index in [4.69, 9.17) is 0 Å². The van der Waals surface area contributed by atoms with Gasteiger partial charge < -0.3 is 14.5 Å². The van der Waals surface area contributed by atoms with Crippen LogP contribution in [0, 0.1) is 0 Å². The number of amides is 2. The number of benzene rings is 1. The molecule has 0 aliphatic heterocycles. The number of hydrogen-bond acceptors (Lipinski definition) is 6. The van der Waals surface area contributed by atoms with Gasteiger partial charge in [0.05, 0.1) is 5.75 Å². The van der Waals surface area contributed by atoms with E-state index in [9.17, 15) is 9.59 Å². The summed E-state index contributed by atoms with van der Waals surface area (Å²) in [4.78, 5) is 29.1. The van der Waals surface area contributed by atoms with Crippen LogP contribution >= 0.6 is 23.1 Å². The Bertz CT molecular complexity index is 1000. The molecule has 1 N–H and O–H groups in total. The zero-order valence-electron chi connectivity index (χ0n) is 14.1. The summed E-state index contributed by atoms with van der Waals surface area (Å²) in [5, 5.41) is 13.0. The summed E-state index contributed by atoms with van der Waals surface area (Å²) < 4.78 is 3.52. The van der Waals surface area contributed by atoms with Crippen molar-refractivity contribution in [3.05, 3.63) is 52.5 Å². The van der Waals surface area contributed by atoms with E-state index in [1.165, 1.54) is 23.1 Å². The largest absolute Gasteiger partial charge is 0.327 e. The molecule has 8 nitrogen and oxygen atoms in total. The number of carbonyl (C=O) groups excluding carboxylic acids is 2. The Kier molecular flexibility index (Phi) is 5.64. The third-order valence-electron chi connectivity index (χ3n) is 3.35. The highest BCUT2D eigenvalue weighted by Gasteiger charge is 2.10. The lowest BCUT2D eigenvalue weighted by Crippen LogP contribution is -2.15. The van der Waals surface area contributed by atoms with Gasteiger partial charge in [-0.1, -0.05) is 17.8 Å². The van der Waals surface area contributed by atoms with Gasteiger partial charge in [-0.05, 0) is 18.2 Å². The molecule has 0 aliphatic rings. The number of anilines is 1. The number of nitrogens with zero attached hydrogens (tertiary/aromatic N) is 5. The molecule has 134 valence electrons. The highest BCUT2D eigenvalue weighted by Crippen LogP contribution is 2.15. The third-order valence-corrected chi connectivity index (χ3v) is 5.23. The smallest absolute Gasteiger partial charge is 0.279 e. The molecule has 0 aliphatic carbocycles. The molecule has 0 fully saturated rings. The van der Waals surface area contributed by atoms with Crippen molar-refractivity contribution >= 4 is 40.6 Å². The van der Waals surface area contributed by atoms with Crippen LogP contribution in [-0.2, 0) is 18.9 Å². The molecule has 0 saturated heterocycles. The number of aromatic nitrogens is 4. The second-order valence-electron chi connectivity index (χ2n) is 5.36. The lowest BCUT2D eigenvalue weighted by atomic mass is 10.2. The van der Waals surface area contributed by atoms with Gasteiger partial charge in [0.15, 0.2) is 9.96 Å². The van der Waals surface area contributed by atoms with Crippen LogP contribution in [0.3, 0.4) is 0 Å². The van der Waals surface area contributed by atoms with Crippen molar-refractivity contribution in [2.75, 3.05) is 11.1 Å². The zero-order chi connectivity index (χ0) is 18.5. The number of thiazole rings is 1. The average Bonchev–Trinajstić information content (AvgIpc) is 3.21. The van der Waals surface area contributed by atoms with Gasteiger partial charge in [-0.2, -0.15) is 4.99 Å². The summed E-state index contributed by atoms with van der Waals surface area (Å²) in [6, 6.07) is 6.73. The first-order valence-electron chi connectivity index (χ1n) is 7.59. The fraction of sp³-hybridized carbons (Fsp3) is 0.188. The molecule has 0 saturated carbocycles. The van der Waals surface area contributed by atoms with Gasteiger partial charge in [0.25, 0.3) is 5.91 Å². The first-order valence-corrected chi connectivity index (χ1v) is 9.45. The molecule has 2 amide bonds. The molecule has 0 radical (unpaired) electrons. The van der Waals surface area contributed by atoms with E-state index in [1.807, 2.05) is 25.7 Å². The molecule has 2 aromatic heterocycles. The first-order chi connectivity index (χ1) is 12.5. The lowest BCUT2D eigenvalue weighted by Gasteiger charge is -2.06. The third kappa shape index (κ3) is 4.46. The van der Waals surface area contributed by atoms with Gasteiger partial charge in [-0.15, -0.1) is 21.5 Å². The topological polar surface area (TPSA) is 94.2 Å². The summed E-state index contributed by atoms with van der Waals surface area (Å²) in [5.41, 5.74) is 0.960. The van der Waals surface area contributed by atoms with Crippen LogP contribution in [0.1, 0.15) is 10.4 Å². The van der Waals surface area contributed by atoms with Crippen LogP contribution in [0.2, 0.25) is 0 Å². The normalized spacial score (nSPS) is 11.5. The van der Waals surface area contributed by atoms with Crippen LogP contribution in [0.4, 0.5) is 5.69 Å². The Morgan fingerprint density at radius 1 is 1.31 bits per heavy atom. The van der Waals surface area contributed by atoms with E-state index in [1.54, 1.807) is 39.7 Å². The van der Waals surface area contributed by atoms with Crippen molar-refractivity contribution < 1.29 is 9.59 Å². The van der Waals surface area contributed by atoms with Gasteiger partial charge in [-0.3, -0.25) is 9.59 Å². The highest BCUT2D eigenvalue weighted by atomic mass is 32.2. The average molecular weight is 388 g/mol. The standard InChI is InChI=1S/C16H16N6O2S2/c1-21-6-7-25-15(21)19-14(24)11-4-3-5-12(8-11)18-13(23)9-26-16-20-17-10-22(16)2/h3-8,10H,9H2,1-2H3,(H,18,23). The molecule has 2 heterocycles. The highest BCUT2D eigenvalue weighted by molar-refractivity contribution is 7.99. The SMILES string of the molecule is Cn1cnnc1SCC(=O)Nc1cccc(C(=O)N=c2sccn2C)c1. The van der Waals surface area contributed by atoms with Crippen molar-refractivity contribution in [1.82, 2.24) is 19.3 Å². The molecule has 26 heavy (non-hydrogen) atoms. The number of hydrogen-bond donors (Lipinski definition) is 1. The van der Waals surface area contributed by atoms with Gasteiger partial charge in [0.2, 0.25) is 5.91 Å². The number of carbonyl (C=O) groups is 2. The summed E-state index contributed by atoms with van der Waals surface area (Å²) in [6.45, 7) is 0. The van der Waals surface area contributed by atoms with Crippen molar-refractivity contribution in [3.8, 4) is 0 Å². The van der Waals surface area contributed by atoms with E-state index in [-0.39, 0.29) is 17.6 Å². The van der Waals surface area contributed by atoms with Crippen LogP contribution < -0.4 is 10.1 Å². The molecular weight excluding hydrogens is 372 g/mol. The predicted octanol–water partition coefficient (Wildman–Crippen LogP) is 1.69. The number of aryl methyl sites for hydroxylation is 2. The van der Waals surface area contributed by atoms with Crippen molar-refractivity contribution in [2.24, 2.45) is 19.1 Å². The van der Waals surface area contributed by atoms with E-state index in [0.717, 1.165) is 0 Å². The van der Waals surface area contributed by atoms with E-state index < -0.39 is 0 Å². The molecule has 0 bridgehead atoms. The minimum atomic E-state index is -0.354. The Balaban J connectivity index is 1.65. The zero-order valence-corrected chi connectivity index (χ0v) is 15.8. The maximum atomic E-state index is 12.3. The Morgan fingerprint density at radius 2 is 2.15 bits per heavy atom. The molecular formula is C16H16N6O2S2. The van der Waals surface area contributed by atoms with Crippen molar-refractivity contribution in [1.29, 1.82) is 0 Å². The van der Waals surface area contributed by atoms with Crippen LogP contribution in [0.15, 0.2) is 52.3 Å². The molecule has 3 rings (SSSR count). The molecule has 3 aromatic rings. The first kappa shape index (κ1) is 18.1. The van der Waals surface area contributed by atoms with E-state index in [2.05, 4.69) is 20.5 Å². The molecule has 0 unspecified atom stereocenters.